The highest BCUT2D eigenvalue weighted by atomic mass is 35.5. The maximum absolute atomic E-state index is 12.5. The minimum atomic E-state index is -3.78. The number of pyridine rings is 1. The average molecular weight is 361 g/mol. The summed E-state index contributed by atoms with van der Waals surface area (Å²) in [7, 11) is 0. The van der Waals surface area contributed by atoms with E-state index in [1.807, 2.05) is 6.92 Å². The van der Waals surface area contributed by atoms with Crippen LogP contribution in [0.2, 0.25) is 5.15 Å². The molecule has 0 unspecified atom stereocenters. The molecule has 1 amide bonds. The number of carbonyl (C=O) groups excluding carboxylic acids is 1. The number of hydrogen-bond acceptors (Lipinski definition) is 3. The molecule has 23 heavy (non-hydrogen) atoms. The third kappa shape index (κ3) is 5.04. The number of aryl methyl sites for hydroxylation is 1. The van der Waals surface area contributed by atoms with Crippen molar-refractivity contribution in [3.05, 3.63) is 52.8 Å². The molecule has 1 aromatic carbocycles. The standard InChI is InChI=1S/C15H12Cl2F2N2O2/c1-2-9-7-10(8-20-13(9)16)14(22)21-11-3-5-12(6-4-11)23-15(17,18)19/h3-8H,2H2,1H3,(H,21,22). The van der Waals surface area contributed by atoms with Gasteiger partial charge < -0.3 is 10.1 Å². The molecule has 122 valence electrons. The van der Waals surface area contributed by atoms with Crippen LogP contribution >= 0.6 is 23.2 Å². The maximum Gasteiger partial charge on any atom is 0.487 e. The molecule has 0 saturated carbocycles. The number of aromatic nitrogens is 1. The number of nitrogens with zero attached hydrogens (tertiary/aromatic N) is 1. The first-order chi connectivity index (χ1) is 10.8. The van der Waals surface area contributed by atoms with Gasteiger partial charge in [-0.15, -0.1) is 8.78 Å². The van der Waals surface area contributed by atoms with Gasteiger partial charge in [-0.25, -0.2) is 4.98 Å². The topological polar surface area (TPSA) is 51.2 Å². The number of rotatable bonds is 5. The SMILES string of the molecule is CCc1cc(C(=O)Nc2ccc(OC(F)(F)Cl)cc2)cnc1Cl. The van der Waals surface area contributed by atoms with Gasteiger partial charge in [0.1, 0.15) is 10.9 Å². The monoisotopic (exact) mass is 360 g/mol. The smallest absolute Gasteiger partial charge is 0.420 e. The van der Waals surface area contributed by atoms with Gasteiger partial charge in [0.05, 0.1) is 5.56 Å². The zero-order valence-electron chi connectivity index (χ0n) is 11.9. The van der Waals surface area contributed by atoms with Gasteiger partial charge in [-0.2, -0.15) is 0 Å². The van der Waals surface area contributed by atoms with Crippen LogP contribution < -0.4 is 10.1 Å². The van der Waals surface area contributed by atoms with Crippen molar-refractivity contribution in [2.45, 2.75) is 18.9 Å². The number of carbonyl (C=O) groups is 1. The van der Waals surface area contributed by atoms with E-state index in [9.17, 15) is 13.6 Å². The van der Waals surface area contributed by atoms with Gasteiger partial charge >= 0.3 is 5.57 Å². The Bertz CT molecular complexity index is 704. The Morgan fingerprint density at radius 2 is 2.00 bits per heavy atom. The largest absolute Gasteiger partial charge is 0.487 e. The highest BCUT2D eigenvalue weighted by Gasteiger charge is 2.27. The second kappa shape index (κ2) is 7.10. The second-order valence-corrected chi connectivity index (χ2v) is 5.35. The highest BCUT2D eigenvalue weighted by molar-refractivity contribution is 6.30. The molecule has 0 aliphatic heterocycles. The predicted molar refractivity (Wildman–Crippen MR) is 84.4 cm³/mol. The fourth-order valence-electron chi connectivity index (χ4n) is 1.81. The first-order valence-electron chi connectivity index (χ1n) is 6.60. The van der Waals surface area contributed by atoms with Gasteiger partial charge in [-0.3, -0.25) is 4.79 Å². The average Bonchev–Trinajstić information content (AvgIpc) is 2.48. The van der Waals surface area contributed by atoms with E-state index in [1.54, 1.807) is 6.07 Å². The molecule has 0 fully saturated rings. The summed E-state index contributed by atoms with van der Waals surface area (Å²) in [5.74, 6) is -0.510. The van der Waals surface area contributed by atoms with Crippen LogP contribution in [-0.4, -0.2) is 16.5 Å². The fraction of sp³-hybridized carbons (Fsp3) is 0.200. The second-order valence-electron chi connectivity index (χ2n) is 4.55. The summed E-state index contributed by atoms with van der Waals surface area (Å²) in [4.78, 5) is 16.1. The van der Waals surface area contributed by atoms with Crippen molar-refractivity contribution >= 4 is 34.8 Å². The van der Waals surface area contributed by atoms with Crippen LogP contribution in [0.25, 0.3) is 0 Å². The van der Waals surface area contributed by atoms with Crippen molar-refractivity contribution in [2.24, 2.45) is 0 Å². The van der Waals surface area contributed by atoms with Crippen molar-refractivity contribution < 1.29 is 18.3 Å². The Kier molecular flexibility index (Phi) is 5.38. The van der Waals surface area contributed by atoms with Crippen molar-refractivity contribution in [3.8, 4) is 5.75 Å². The number of benzene rings is 1. The van der Waals surface area contributed by atoms with Crippen molar-refractivity contribution in [2.75, 3.05) is 5.32 Å². The number of anilines is 1. The van der Waals surface area contributed by atoms with E-state index in [0.29, 0.717) is 22.8 Å². The third-order valence-electron chi connectivity index (χ3n) is 2.90. The van der Waals surface area contributed by atoms with Gasteiger partial charge in [0.2, 0.25) is 0 Å². The van der Waals surface area contributed by atoms with E-state index < -0.39 is 5.57 Å². The molecule has 2 aromatic rings. The third-order valence-corrected chi connectivity index (χ3v) is 3.32. The molecule has 0 bridgehead atoms. The minimum Gasteiger partial charge on any atom is -0.420 e. The molecule has 0 saturated heterocycles. The lowest BCUT2D eigenvalue weighted by molar-refractivity contribution is -0.0964. The molecule has 0 spiro atoms. The lowest BCUT2D eigenvalue weighted by Gasteiger charge is -2.11. The van der Waals surface area contributed by atoms with E-state index in [2.05, 4.69) is 26.6 Å². The van der Waals surface area contributed by atoms with Crippen molar-refractivity contribution in [1.82, 2.24) is 4.98 Å². The zero-order chi connectivity index (χ0) is 17.0. The number of alkyl halides is 3. The molecule has 1 aromatic heterocycles. The number of nitrogens with one attached hydrogen (secondary N) is 1. The summed E-state index contributed by atoms with van der Waals surface area (Å²) in [6.45, 7) is 1.90. The molecule has 1 N–H and O–H groups in total. The quantitative estimate of drug-likeness (QED) is 0.620. The summed E-state index contributed by atoms with van der Waals surface area (Å²) < 4.78 is 29.2. The summed E-state index contributed by atoms with van der Waals surface area (Å²) >= 11 is 10.6. The molecule has 0 aliphatic carbocycles. The number of ether oxygens (including phenoxy) is 1. The summed E-state index contributed by atoms with van der Waals surface area (Å²) in [5.41, 5.74) is -2.27. The van der Waals surface area contributed by atoms with E-state index in [0.717, 1.165) is 5.56 Å². The summed E-state index contributed by atoms with van der Waals surface area (Å²) in [6, 6.07) is 7.02. The molecule has 8 heteroatoms. The van der Waals surface area contributed by atoms with Gasteiger partial charge in [0.15, 0.2) is 0 Å². The van der Waals surface area contributed by atoms with Crippen LogP contribution in [0.4, 0.5) is 14.5 Å². The highest BCUT2D eigenvalue weighted by Crippen LogP contribution is 2.26. The minimum absolute atomic E-state index is 0.121. The van der Waals surface area contributed by atoms with E-state index in [-0.39, 0.29) is 11.7 Å². The Balaban J connectivity index is 2.08. The molecule has 4 nitrogen and oxygen atoms in total. The first kappa shape index (κ1) is 17.4. The molecular weight excluding hydrogens is 349 g/mol. The lowest BCUT2D eigenvalue weighted by Crippen LogP contribution is -2.16. The fourth-order valence-corrected chi connectivity index (χ4v) is 2.14. The molecule has 2 rings (SSSR count). The molecule has 1 heterocycles. The van der Waals surface area contributed by atoms with Crippen molar-refractivity contribution in [3.63, 3.8) is 0 Å². The van der Waals surface area contributed by atoms with Crippen molar-refractivity contribution in [1.29, 1.82) is 0 Å². The van der Waals surface area contributed by atoms with Gasteiger partial charge in [0, 0.05) is 23.5 Å². The van der Waals surface area contributed by atoms with E-state index >= 15 is 0 Å². The van der Waals surface area contributed by atoms with Crippen LogP contribution in [0.3, 0.4) is 0 Å². The van der Waals surface area contributed by atoms with Crippen LogP contribution in [-0.2, 0) is 6.42 Å². The Hall–Kier alpha value is -1.92. The van der Waals surface area contributed by atoms with Crippen LogP contribution in [0, 0.1) is 0 Å². The number of hydrogen-bond donors (Lipinski definition) is 1. The molecule has 0 radical (unpaired) electrons. The molecule has 0 atom stereocenters. The molecular formula is C15H12Cl2F2N2O2. The van der Waals surface area contributed by atoms with Gasteiger partial charge in [-0.05, 0) is 42.3 Å². The predicted octanol–water partition coefficient (Wildman–Crippen LogP) is 4.72. The number of halogens is 4. The normalized spacial score (nSPS) is 11.2. The van der Waals surface area contributed by atoms with Crippen LogP contribution in [0.15, 0.2) is 36.5 Å². The van der Waals surface area contributed by atoms with Gasteiger partial charge in [0.25, 0.3) is 5.91 Å². The summed E-state index contributed by atoms with van der Waals surface area (Å²) in [5, 5.41) is 2.98. The first-order valence-corrected chi connectivity index (χ1v) is 7.35. The van der Waals surface area contributed by atoms with E-state index in [4.69, 9.17) is 11.6 Å². The number of amides is 1. The summed E-state index contributed by atoms with van der Waals surface area (Å²) in [6.07, 6.45) is 2.01. The Morgan fingerprint density at radius 1 is 1.35 bits per heavy atom. The van der Waals surface area contributed by atoms with E-state index in [1.165, 1.54) is 30.5 Å². The molecule has 0 aliphatic rings. The lowest BCUT2D eigenvalue weighted by atomic mass is 10.1. The van der Waals surface area contributed by atoms with Gasteiger partial charge in [-0.1, -0.05) is 18.5 Å². The zero-order valence-corrected chi connectivity index (χ0v) is 13.5. The maximum atomic E-state index is 12.5. The Labute approximate surface area is 141 Å². The van der Waals surface area contributed by atoms with Crippen LogP contribution in [0.5, 0.6) is 5.75 Å². The Morgan fingerprint density at radius 3 is 2.57 bits per heavy atom. The van der Waals surface area contributed by atoms with Crippen LogP contribution in [0.1, 0.15) is 22.8 Å².